The van der Waals surface area contributed by atoms with Crippen LogP contribution in [0.5, 0.6) is 5.75 Å². The van der Waals surface area contributed by atoms with Crippen LogP contribution < -0.4 is 15.0 Å². The molecule has 1 atom stereocenters. The standard InChI is InChI=1S/C18H17N3O5/c1-12-9-17(22)19-15-7-2-3-8-16(15)20(12)18(23)11-26-14-6-4-5-13(10-14)21(24)25/h2-8,10,12H,9,11H2,1H3,(H,19,22). The number of nitro benzene ring substituents is 1. The average molecular weight is 355 g/mol. The lowest BCUT2D eigenvalue weighted by Gasteiger charge is -2.27. The van der Waals surface area contributed by atoms with Crippen LogP contribution in [0.2, 0.25) is 0 Å². The summed E-state index contributed by atoms with van der Waals surface area (Å²) in [6.07, 6.45) is 0.164. The second-order valence-electron chi connectivity index (χ2n) is 5.93. The number of nitro groups is 1. The van der Waals surface area contributed by atoms with Crippen molar-refractivity contribution >= 4 is 28.9 Å². The fourth-order valence-corrected chi connectivity index (χ4v) is 2.87. The number of carbonyl (C=O) groups is 2. The summed E-state index contributed by atoms with van der Waals surface area (Å²) in [4.78, 5) is 36.5. The molecule has 1 aliphatic rings. The van der Waals surface area contributed by atoms with E-state index in [-0.39, 0.29) is 42.3 Å². The zero-order chi connectivity index (χ0) is 18.7. The molecule has 2 aromatic rings. The molecule has 0 aromatic heterocycles. The first-order chi connectivity index (χ1) is 12.5. The van der Waals surface area contributed by atoms with Gasteiger partial charge in [0.25, 0.3) is 11.6 Å². The Balaban J connectivity index is 1.79. The molecule has 1 N–H and O–H groups in total. The van der Waals surface area contributed by atoms with E-state index in [0.717, 1.165) is 0 Å². The molecule has 1 aliphatic heterocycles. The number of fused-ring (bicyclic) bond motifs is 1. The van der Waals surface area contributed by atoms with Gasteiger partial charge in [-0.25, -0.2) is 0 Å². The summed E-state index contributed by atoms with van der Waals surface area (Å²) in [5, 5.41) is 13.6. The van der Waals surface area contributed by atoms with Crippen molar-refractivity contribution in [1.82, 2.24) is 0 Å². The van der Waals surface area contributed by atoms with Crippen LogP contribution in [-0.2, 0) is 9.59 Å². The van der Waals surface area contributed by atoms with Gasteiger partial charge in [-0.1, -0.05) is 18.2 Å². The summed E-state index contributed by atoms with van der Waals surface area (Å²) >= 11 is 0. The van der Waals surface area contributed by atoms with Gasteiger partial charge in [0.1, 0.15) is 5.75 Å². The third-order valence-corrected chi connectivity index (χ3v) is 4.02. The van der Waals surface area contributed by atoms with E-state index in [1.165, 1.54) is 23.1 Å². The molecule has 0 radical (unpaired) electrons. The maximum atomic E-state index is 12.8. The van der Waals surface area contributed by atoms with Crippen molar-refractivity contribution in [3.8, 4) is 5.75 Å². The number of rotatable bonds is 4. The summed E-state index contributed by atoms with van der Waals surface area (Å²) < 4.78 is 5.44. The Bertz CT molecular complexity index is 867. The summed E-state index contributed by atoms with van der Waals surface area (Å²) in [5.41, 5.74) is 1.04. The van der Waals surface area contributed by atoms with Crippen LogP contribution in [-0.4, -0.2) is 29.4 Å². The van der Waals surface area contributed by atoms with Crippen molar-refractivity contribution in [3.63, 3.8) is 0 Å². The molecule has 0 aliphatic carbocycles. The molecular weight excluding hydrogens is 338 g/mol. The molecule has 3 rings (SSSR count). The third kappa shape index (κ3) is 3.64. The highest BCUT2D eigenvalue weighted by Gasteiger charge is 2.29. The lowest BCUT2D eigenvalue weighted by Crippen LogP contribution is -2.41. The van der Waals surface area contributed by atoms with E-state index in [1.807, 2.05) is 0 Å². The number of ether oxygens (including phenoxy) is 1. The summed E-state index contributed by atoms with van der Waals surface area (Å²) in [5.74, 6) is -0.273. The van der Waals surface area contributed by atoms with Gasteiger partial charge in [0.15, 0.2) is 6.61 Å². The highest BCUT2D eigenvalue weighted by molar-refractivity contribution is 6.04. The van der Waals surface area contributed by atoms with Gasteiger partial charge in [0.05, 0.1) is 22.4 Å². The first-order valence-electron chi connectivity index (χ1n) is 8.04. The molecule has 0 bridgehead atoms. The van der Waals surface area contributed by atoms with Gasteiger partial charge < -0.3 is 15.0 Å². The predicted molar refractivity (Wildman–Crippen MR) is 95.2 cm³/mol. The van der Waals surface area contributed by atoms with Gasteiger partial charge >= 0.3 is 0 Å². The van der Waals surface area contributed by atoms with Crippen LogP contribution in [0.25, 0.3) is 0 Å². The molecule has 0 fully saturated rings. The number of hydrogen-bond donors (Lipinski definition) is 1. The maximum absolute atomic E-state index is 12.8. The van der Waals surface area contributed by atoms with E-state index < -0.39 is 4.92 Å². The molecule has 2 amide bonds. The SMILES string of the molecule is CC1CC(=O)Nc2ccccc2N1C(=O)COc1cccc([N+](=O)[O-])c1. The topological polar surface area (TPSA) is 102 Å². The Morgan fingerprint density at radius 2 is 2.08 bits per heavy atom. The zero-order valence-corrected chi connectivity index (χ0v) is 14.0. The molecule has 0 spiro atoms. The number of carbonyl (C=O) groups excluding carboxylic acids is 2. The Kier molecular flexibility index (Phi) is 4.83. The fourth-order valence-electron chi connectivity index (χ4n) is 2.87. The molecule has 1 heterocycles. The van der Waals surface area contributed by atoms with Crippen molar-refractivity contribution in [3.05, 3.63) is 58.6 Å². The number of amides is 2. The molecule has 2 aromatic carbocycles. The molecule has 8 nitrogen and oxygen atoms in total. The van der Waals surface area contributed by atoms with Gasteiger partial charge in [-0.05, 0) is 25.1 Å². The number of benzene rings is 2. The van der Waals surface area contributed by atoms with E-state index in [2.05, 4.69) is 5.32 Å². The number of para-hydroxylation sites is 2. The van der Waals surface area contributed by atoms with Crippen LogP contribution in [0.1, 0.15) is 13.3 Å². The summed E-state index contributed by atoms with van der Waals surface area (Å²) in [6, 6.07) is 12.3. The molecule has 0 saturated carbocycles. The van der Waals surface area contributed by atoms with E-state index in [4.69, 9.17) is 4.74 Å². The van der Waals surface area contributed by atoms with Crippen LogP contribution in [0, 0.1) is 10.1 Å². The average Bonchev–Trinajstić information content (AvgIpc) is 2.74. The van der Waals surface area contributed by atoms with Gasteiger partial charge in [0, 0.05) is 18.5 Å². The van der Waals surface area contributed by atoms with Crippen LogP contribution in [0.4, 0.5) is 17.1 Å². The van der Waals surface area contributed by atoms with Crippen molar-refractivity contribution in [2.24, 2.45) is 0 Å². The number of anilines is 2. The van der Waals surface area contributed by atoms with Gasteiger partial charge in [0.2, 0.25) is 5.91 Å². The second kappa shape index (κ2) is 7.22. The lowest BCUT2D eigenvalue weighted by molar-refractivity contribution is -0.384. The monoisotopic (exact) mass is 355 g/mol. The van der Waals surface area contributed by atoms with Crippen molar-refractivity contribution in [2.45, 2.75) is 19.4 Å². The normalized spacial score (nSPS) is 16.3. The van der Waals surface area contributed by atoms with Crippen LogP contribution in [0.3, 0.4) is 0 Å². The Hall–Kier alpha value is -3.42. The minimum atomic E-state index is -0.529. The Labute approximate surface area is 149 Å². The number of nitrogens with one attached hydrogen (secondary N) is 1. The quantitative estimate of drug-likeness (QED) is 0.671. The maximum Gasteiger partial charge on any atom is 0.273 e. The van der Waals surface area contributed by atoms with Crippen LogP contribution >= 0.6 is 0 Å². The first kappa shape index (κ1) is 17.4. The van der Waals surface area contributed by atoms with E-state index in [1.54, 1.807) is 37.3 Å². The highest BCUT2D eigenvalue weighted by atomic mass is 16.6. The number of hydrogen-bond acceptors (Lipinski definition) is 5. The first-order valence-corrected chi connectivity index (χ1v) is 8.04. The highest BCUT2D eigenvalue weighted by Crippen LogP contribution is 2.31. The number of non-ortho nitro benzene ring substituents is 1. The van der Waals surface area contributed by atoms with E-state index in [0.29, 0.717) is 11.4 Å². The summed E-state index contributed by atoms with van der Waals surface area (Å²) in [7, 11) is 0. The van der Waals surface area contributed by atoms with E-state index in [9.17, 15) is 19.7 Å². The minimum Gasteiger partial charge on any atom is -0.483 e. The van der Waals surface area contributed by atoms with Crippen molar-refractivity contribution in [1.29, 1.82) is 0 Å². The molecule has 8 heteroatoms. The zero-order valence-electron chi connectivity index (χ0n) is 14.0. The molecule has 134 valence electrons. The largest absolute Gasteiger partial charge is 0.483 e. The summed E-state index contributed by atoms with van der Waals surface area (Å²) in [6.45, 7) is 1.49. The van der Waals surface area contributed by atoms with E-state index >= 15 is 0 Å². The molecule has 0 saturated heterocycles. The Morgan fingerprint density at radius 1 is 1.31 bits per heavy atom. The van der Waals surface area contributed by atoms with Crippen LogP contribution in [0.15, 0.2) is 48.5 Å². The van der Waals surface area contributed by atoms with Gasteiger partial charge in [-0.3, -0.25) is 19.7 Å². The fraction of sp³-hybridized carbons (Fsp3) is 0.222. The molecular formula is C18H17N3O5. The van der Waals surface area contributed by atoms with Gasteiger partial charge in [-0.2, -0.15) is 0 Å². The van der Waals surface area contributed by atoms with Crippen molar-refractivity contribution in [2.75, 3.05) is 16.8 Å². The lowest BCUT2D eigenvalue weighted by atomic mass is 10.1. The second-order valence-corrected chi connectivity index (χ2v) is 5.93. The third-order valence-electron chi connectivity index (χ3n) is 4.02. The molecule has 1 unspecified atom stereocenters. The van der Waals surface area contributed by atoms with Gasteiger partial charge in [-0.15, -0.1) is 0 Å². The smallest absolute Gasteiger partial charge is 0.273 e. The molecule has 26 heavy (non-hydrogen) atoms. The minimum absolute atomic E-state index is 0.113. The predicted octanol–water partition coefficient (Wildman–Crippen LogP) is 2.74. The van der Waals surface area contributed by atoms with Crippen molar-refractivity contribution < 1.29 is 19.2 Å². The number of nitrogens with zero attached hydrogens (tertiary/aromatic N) is 2. The Morgan fingerprint density at radius 3 is 2.85 bits per heavy atom.